The molecule has 0 aliphatic carbocycles. The highest BCUT2D eigenvalue weighted by molar-refractivity contribution is 5.84. The molecular weight excluding hydrogens is 250 g/mol. The van der Waals surface area contributed by atoms with Gasteiger partial charge in [0.1, 0.15) is 6.17 Å². The first kappa shape index (κ1) is 13.9. The summed E-state index contributed by atoms with van der Waals surface area (Å²) >= 11 is 0. The molecule has 2 unspecified atom stereocenters. The van der Waals surface area contributed by atoms with Gasteiger partial charge in [0, 0.05) is 0 Å². The molecule has 1 fully saturated rings. The Bertz CT molecular complexity index is 447. The standard InChI is InChI=1S/C14H18F2N2O/c1-3-10-4-6-11(7-5-10)13-17-9(2)14(19)18(13)8-12(15)16/h4-7,9,12-13,17H,3,8H2,1-2H3. The van der Waals surface area contributed by atoms with E-state index in [0.717, 1.165) is 12.0 Å². The number of alkyl halides is 2. The number of carbonyl (C=O) groups is 1. The zero-order valence-electron chi connectivity index (χ0n) is 11.1. The molecule has 0 radical (unpaired) electrons. The van der Waals surface area contributed by atoms with Crippen LogP contribution in [0.2, 0.25) is 0 Å². The molecule has 0 aromatic heterocycles. The number of hydrogen-bond acceptors (Lipinski definition) is 2. The van der Waals surface area contributed by atoms with Crippen LogP contribution in [0.1, 0.15) is 31.1 Å². The third-order valence-corrected chi connectivity index (χ3v) is 3.41. The molecule has 0 spiro atoms. The lowest BCUT2D eigenvalue weighted by Crippen LogP contribution is -2.34. The van der Waals surface area contributed by atoms with Gasteiger partial charge in [-0.15, -0.1) is 0 Å². The molecule has 0 bridgehead atoms. The van der Waals surface area contributed by atoms with Gasteiger partial charge in [-0.3, -0.25) is 10.1 Å². The molecule has 5 heteroatoms. The molecular formula is C14H18F2N2O. The Morgan fingerprint density at radius 2 is 1.95 bits per heavy atom. The average molecular weight is 268 g/mol. The third-order valence-electron chi connectivity index (χ3n) is 3.41. The molecule has 2 rings (SSSR count). The Labute approximate surface area is 111 Å². The van der Waals surface area contributed by atoms with E-state index in [1.165, 1.54) is 10.5 Å². The van der Waals surface area contributed by atoms with Crippen LogP contribution in [0.4, 0.5) is 8.78 Å². The van der Waals surface area contributed by atoms with E-state index >= 15 is 0 Å². The van der Waals surface area contributed by atoms with E-state index in [1.807, 2.05) is 24.3 Å². The molecule has 19 heavy (non-hydrogen) atoms. The van der Waals surface area contributed by atoms with Crippen molar-refractivity contribution in [2.75, 3.05) is 6.54 Å². The van der Waals surface area contributed by atoms with Crippen molar-refractivity contribution < 1.29 is 13.6 Å². The molecule has 104 valence electrons. The number of aryl methyl sites for hydroxylation is 1. The predicted molar refractivity (Wildman–Crippen MR) is 68.9 cm³/mol. The van der Waals surface area contributed by atoms with Crippen LogP contribution in [-0.2, 0) is 11.2 Å². The minimum absolute atomic E-state index is 0.273. The summed E-state index contributed by atoms with van der Waals surface area (Å²) in [4.78, 5) is 13.1. The van der Waals surface area contributed by atoms with Crippen molar-refractivity contribution in [2.45, 2.75) is 38.9 Å². The third kappa shape index (κ3) is 2.92. The number of carbonyl (C=O) groups excluding carboxylic acids is 1. The van der Waals surface area contributed by atoms with Crippen molar-refractivity contribution in [3.05, 3.63) is 35.4 Å². The van der Waals surface area contributed by atoms with Crippen LogP contribution in [0.3, 0.4) is 0 Å². The minimum Gasteiger partial charge on any atom is -0.316 e. The maximum atomic E-state index is 12.6. The Hall–Kier alpha value is -1.49. The number of nitrogens with zero attached hydrogens (tertiary/aromatic N) is 1. The van der Waals surface area contributed by atoms with Gasteiger partial charge in [-0.25, -0.2) is 8.78 Å². The van der Waals surface area contributed by atoms with Gasteiger partial charge >= 0.3 is 0 Å². The summed E-state index contributed by atoms with van der Waals surface area (Å²) in [5.74, 6) is -0.273. The van der Waals surface area contributed by atoms with Gasteiger partial charge < -0.3 is 4.90 Å². The zero-order valence-corrected chi connectivity index (χ0v) is 11.1. The molecule has 1 aromatic carbocycles. The lowest BCUT2D eigenvalue weighted by molar-refractivity contribution is -0.131. The van der Waals surface area contributed by atoms with Gasteiger partial charge in [0.2, 0.25) is 5.91 Å². The van der Waals surface area contributed by atoms with Crippen LogP contribution in [0.5, 0.6) is 0 Å². The minimum atomic E-state index is -2.52. The van der Waals surface area contributed by atoms with Crippen molar-refractivity contribution in [3.63, 3.8) is 0 Å². The van der Waals surface area contributed by atoms with Crippen LogP contribution in [-0.4, -0.2) is 29.8 Å². The maximum Gasteiger partial charge on any atom is 0.255 e. The highest BCUT2D eigenvalue weighted by atomic mass is 19.3. The highest BCUT2D eigenvalue weighted by Crippen LogP contribution is 2.26. The van der Waals surface area contributed by atoms with Gasteiger partial charge in [0.15, 0.2) is 0 Å². The SMILES string of the molecule is CCc1ccc(C2NC(C)C(=O)N2CC(F)F)cc1. The van der Waals surface area contributed by atoms with Crippen LogP contribution >= 0.6 is 0 Å². The number of benzene rings is 1. The van der Waals surface area contributed by atoms with Gasteiger partial charge in [-0.1, -0.05) is 31.2 Å². The van der Waals surface area contributed by atoms with Crippen LogP contribution in [0.25, 0.3) is 0 Å². The molecule has 3 nitrogen and oxygen atoms in total. The van der Waals surface area contributed by atoms with E-state index in [9.17, 15) is 13.6 Å². The van der Waals surface area contributed by atoms with Gasteiger partial charge in [0.25, 0.3) is 6.43 Å². The van der Waals surface area contributed by atoms with Crippen molar-refractivity contribution in [2.24, 2.45) is 0 Å². The average Bonchev–Trinajstić information content (AvgIpc) is 2.67. The number of amides is 1. The number of halogens is 2. The van der Waals surface area contributed by atoms with E-state index in [1.54, 1.807) is 6.92 Å². The Morgan fingerprint density at radius 3 is 2.47 bits per heavy atom. The number of hydrogen-bond donors (Lipinski definition) is 1. The second-order valence-corrected chi connectivity index (χ2v) is 4.77. The first-order chi connectivity index (χ1) is 9.02. The Balaban J connectivity index is 2.22. The first-order valence-corrected chi connectivity index (χ1v) is 6.46. The molecule has 1 aromatic rings. The van der Waals surface area contributed by atoms with Gasteiger partial charge in [-0.05, 0) is 24.5 Å². The van der Waals surface area contributed by atoms with E-state index < -0.39 is 25.2 Å². The van der Waals surface area contributed by atoms with E-state index in [0.29, 0.717) is 0 Å². The van der Waals surface area contributed by atoms with Gasteiger partial charge in [0.05, 0.1) is 12.6 Å². The van der Waals surface area contributed by atoms with E-state index in [4.69, 9.17) is 0 Å². The molecule has 1 aliphatic rings. The molecule has 2 atom stereocenters. The lowest BCUT2D eigenvalue weighted by atomic mass is 10.1. The monoisotopic (exact) mass is 268 g/mol. The second kappa shape index (κ2) is 5.65. The lowest BCUT2D eigenvalue weighted by Gasteiger charge is -2.24. The van der Waals surface area contributed by atoms with E-state index in [2.05, 4.69) is 12.2 Å². The fraction of sp³-hybridized carbons (Fsp3) is 0.500. The van der Waals surface area contributed by atoms with Crippen LogP contribution < -0.4 is 5.32 Å². The van der Waals surface area contributed by atoms with Crippen molar-refractivity contribution in [1.29, 1.82) is 0 Å². The largest absolute Gasteiger partial charge is 0.316 e. The van der Waals surface area contributed by atoms with Crippen LogP contribution in [0.15, 0.2) is 24.3 Å². The summed E-state index contributed by atoms with van der Waals surface area (Å²) in [5.41, 5.74) is 2.03. The molecule has 1 amide bonds. The smallest absolute Gasteiger partial charge is 0.255 e. The quantitative estimate of drug-likeness (QED) is 0.909. The second-order valence-electron chi connectivity index (χ2n) is 4.77. The van der Waals surface area contributed by atoms with Crippen molar-refractivity contribution in [1.82, 2.24) is 10.2 Å². The molecule has 1 aliphatic heterocycles. The first-order valence-electron chi connectivity index (χ1n) is 6.46. The fourth-order valence-corrected chi connectivity index (χ4v) is 2.33. The summed E-state index contributed by atoms with van der Waals surface area (Å²) in [6, 6.07) is 7.28. The van der Waals surface area contributed by atoms with Crippen LogP contribution in [0, 0.1) is 0 Å². The van der Waals surface area contributed by atoms with Crippen molar-refractivity contribution >= 4 is 5.91 Å². The van der Waals surface area contributed by atoms with E-state index in [-0.39, 0.29) is 5.91 Å². The maximum absolute atomic E-state index is 12.6. The molecule has 1 saturated heterocycles. The van der Waals surface area contributed by atoms with Gasteiger partial charge in [-0.2, -0.15) is 0 Å². The molecule has 1 heterocycles. The molecule has 0 saturated carbocycles. The summed E-state index contributed by atoms with van der Waals surface area (Å²) in [7, 11) is 0. The summed E-state index contributed by atoms with van der Waals surface area (Å²) < 4.78 is 25.1. The summed E-state index contributed by atoms with van der Waals surface area (Å²) in [5, 5.41) is 3.06. The highest BCUT2D eigenvalue weighted by Gasteiger charge is 2.38. The predicted octanol–water partition coefficient (Wildman–Crippen LogP) is 2.33. The normalized spacial score (nSPS) is 23.4. The number of rotatable bonds is 4. The Morgan fingerprint density at radius 1 is 1.32 bits per heavy atom. The zero-order chi connectivity index (χ0) is 14.0. The fourth-order valence-electron chi connectivity index (χ4n) is 2.33. The Kier molecular flexibility index (Phi) is 4.14. The summed E-state index contributed by atoms with van der Waals surface area (Å²) in [6.45, 7) is 3.22. The number of nitrogens with one attached hydrogen (secondary N) is 1. The van der Waals surface area contributed by atoms with Crippen molar-refractivity contribution in [3.8, 4) is 0 Å². The summed E-state index contributed by atoms with van der Waals surface area (Å²) in [6.07, 6.45) is -2.05. The molecule has 1 N–H and O–H groups in total. The topological polar surface area (TPSA) is 32.3 Å².